The van der Waals surface area contributed by atoms with Gasteiger partial charge in [-0.1, -0.05) is 0 Å². The Morgan fingerprint density at radius 2 is 2.38 bits per heavy atom. The van der Waals surface area contributed by atoms with E-state index in [9.17, 15) is 4.79 Å². The minimum atomic E-state index is 0.0487. The molecule has 74 valence electrons. The van der Waals surface area contributed by atoms with E-state index >= 15 is 0 Å². The Morgan fingerprint density at radius 3 is 3.15 bits per heavy atom. The van der Waals surface area contributed by atoms with Crippen LogP contribution >= 0.6 is 0 Å². The predicted octanol–water partition coefficient (Wildman–Crippen LogP) is -0.404. The van der Waals surface area contributed by atoms with Crippen LogP contribution in [0.4, 0.5) is 0 Å². The normalized spacial score (nSPS) is 38.4. The van der Waals surface area contributed by atoms with Gasteiger partial charge in [0.25, 0.3) is 0 Å². The van der Waals surface area contributed by atoms with Gasteiger partial charge in [-0.2, -0.15) is 0 Å². The van der Waals surface area contributed by atoms with Gasteiger partial charge >= 0.3 is 0 Å². The minimum Gasteiger partial charge on any atom is -0.373 e. The largest absolute Gasteiger partial charge is 0.373 e. The molecule has 4 nitrogen and oxygen atoms in total. The van der Waals surface area contributed by atoms with Crippen LogP contribution < -0.4 is 5.32 Å². The number of piperidine rings is 1. The van der Waals surface area contributed by atoms with E-state index in [1.807, 2.05) is 0 Å². The number of carbonyl (C=O) groups is 1. The molecule has 0 spiro atoms. The second-order valence-corrected chi connectivity index (χ2v) is 3.81. The van der Waals surface area contributed by atoms with E-state index in [0.29, 0.717) is 0 Å². The SMILES string of the molecule is CC(=O)N[C@H]1CCN2CCO[C@@H]1C2. The molecule has 0 saturated carbocycles. The van der Waals surface area contributed by atoms with Crippen molar-refractivity contribution < 1.29 is 9.53 Å². The summed E-state index contributed by atoms with van der Waals surface area (Å²) >= 11 is 0. The van der Waals surface area contributed by atoms with Crippen molar-refractivity contribution in [1.29, 1.82) is 0 Å². The fourth-order valence-electron chi connectivity index (χ4n) is 2.11. The monoisotopic (exact) mass is 184 g/mol. The Morgan fingerprint density at radius 1 is 1.54 bits per heavy atom. The van der Waals surface area contributed by atoms with E-state index in [2.05, 4.69) is 10.2 Å². The van der Waals surface area contributed by atoms with Crippen LogP contribution in [-0.4, -0.2) is 49.2 Å². The molecule has 13 heavy (non-hydrogen) atoms. The zero-order valence-electron chi connectivity index (χ0n) is 7.95. The maximum atomic E-state index is 10.9. The number of hydrogen-bond acceptors (Lipinski definition) is 3. The zero-order valence-corrected chi connectivity index (χ0v) is 7.95. The summed E-state index contributed by atoms with van der Waals surface area (Å²) in [4.78, 5) is 13.3. The van der Waals surface area contributed by atoms with Crippen LogP contribution in [0.15, 0.2) is 0 Å². The van der Waals surface area contributed by atoms with Crippen molar-refractivity contribution in [2.24, 2.45) is 0 Å². The number of nitrogens with one attached hydrogen (secondary N) is 1. The van der Waals surface area contributed by atoms with Crippen molar-refractivity contribution in [3.63, 3.8) is 0 Å². The van der Waals surface area contributed by atoms with E-state index < -0.39 is 0 Å². The maximum Gasteiger partial charge on any atom is 0.217 e. The van der Waals surface area contributed by atoms with Crippen molar-refractivity contribution in [2.75, 3.05) is 26.2 Å². The number of fused-ring (bicyclic) bond motifs is 2. The molecule has 0 aliphatic carbocycles. The van der Waals surface area contributed by atoms with Gasteiger partial charge in [0.1, 0.15) is 0 Å². The van der Waals surface area contributed by atoms with E-state index in [1.165, 1.54) is 0 Å². The first kappa shape index (κ1) is 8.97. The molecule has 2 bridgehead atoms. The Hall–Kier alpha value is -0.610. The molecule has 2 rings (SSSR count). The predicted molar refractivity (Wildman–Crippen MR) is 48.4 cm³/mol. The Labute approximate surface area is 78.2 Å². The van der Waals surface area contributed by atoms with Crippen LogP contribution in [0.3, 0.4) is 0 Å². The molecule has 3 atom stereocenters. The third kappa shape index (κ3) is 2.00. The lowest BCUT2D eigenvalue weighted by Crippen LogP contribution is -2.58. The van der Waals surface area contributed by atoms with Gasteiger partial charge in [0.05, 0.1) is 18.8 Å². The van der Waals surface area contributed by atoms with Crippen molar-refractivity contribution in [2.45, 2.75) is 25.5 Å². The quantitative estimate of drug-likeness (QED) is 0.602. The van der Waals surface area contributed by atoms with Gasteiger partial charge in [-0.25, -0.2) is 0 Å². The molecule has 0 aromatic heterocycles. The van der Waals surface area contributed by atoms with E-state index in [4.69, 9.17) is 4.74 Å². The Bertz CT molecular complexity index is 208. The summed E-state index contributed by atoms with van der Waals surface area (Å²) in [5.41, 5.74) is 0. The molecule has 2 heterocycles. The van der Waals surface area contributed by atoms with Crippen LogP contribution in [0.25, 0.3) is 0 Å². The molecular formula is C9H16N2O2. The third-order valence-electron chi connectivity index (χ3n) is 2.77. The van der Waals surface area contributed by atoms with E-state index in [0.717, 1.165) is 32.7 Å². The fourth-order valence-corrected chi connectivity index (χ4v) is 2.11. The molecule has 1 N–H and O–H groups in total. The summed E-state index contributed by atoms with van der Waals surface area (Å²) in [7, 11) is 0. The standard InChI is InChI=1S/C9H16N2O2/c1-7(12)10-8-2-3-11-4-5-13-9(8)6-11/h8-9H,2-6H2,1H3,(H,10,12)/t8-,9+/m0/s1. The van der Waals surface area contributed by atoms with Crippen LogP contribution in [0, 0.1) is 0 Å². The molecule has 0 aromatic rings. The van der Waals surface area contributed by atoms with Crippen LogP contribution in [0.2, 0.25) is 0 Å². The number of amides is 1. The number of rotatable bonds is 1. The van der Waals surface area contributed by atoms with Gasteiger partial charge < -0.3 is 10.1 Å². The summed E-state index contributed by atoms with van der Waals surface area (Å²) in [6.45, 7) is 5.48. The van der Waals surface area contributed by atoms with E-state index in [-0.39, 0.29) is 18.1 Å². The van der Waals surface area contributed by atoms with Crippen molar-refractivity contribution in [3.8, 4) is 0 Å². The van der Waals surface area contributed by atoms with Crippen molar-refractivity contribution in [1.82, 2.24) is 10.2 Å². The fraction of sp³-hybridized carbons (Fsp3) is 0.889. The summed E-state index contributed by atoms with van der Waals surface area (Å²) in [5, 5.41) is 2.95. The first-order valence-corrected chi connectivity index (χ1v) is 4.87. The number of nitrogens with zero attached hydrogens (tertiary/aromatic N) is 1. The number of morpholine rings is 1. The first-order valence-electron chi connectivity index (χ1n) is 4.87. The summed E-state index contributed by atoms with van der Waals surface area (Å²) < 4.78 is 5.61. The van der Waals surface area contributed by atoms with Crippen molar-refractivity contribution in [3.05, 3.63) is 0 Å². The van der Waals surface area contributed by atoms with Crippen molar-refractivity contribution >= 4 is 5.91 Å². The van der Waals surface area contributed by atoms with Gasteiger partial charge in [-0.05, 0) is 6.42 Å². The summed E-state index contributed by atoms with van der Waals surface area (Å²) in [6.07, 6.45) is 1.23. The lowest BCUT2D eigenvalue weighted by atomic mass is 10.0. The highest BCUT2D eigenvalue weighted by atomic mass is 16.5. The van der Waals surface area contributed by atoms with Crippen LogP contribution in [-0.2, 0) is 9.53 Å². The number of hydrogen-bond donors (Lipinski definition) is 1. The molecule has 0 aromatic carbocycles. The molecule has 1 unspecified atom stereocenters. The second-order valence-electron chi connectivity index (χ2n) is 3.81. The highest BCUT2D eigenvalue weighted by Gasteiger charge is 2.33. The third-order valence-corrected chi connectivity index (χ3v) is 2.77. The lowest BCUT2D eigenvalue weighted by Gasteiger charge is -2.42. The topological polar surface area (TPSA) is 41.6 Å². The maximum absolute atomic E-state index is 10.9. The van der Waals surface area contributed by atoms with Gasteiger partial charge in [-0.3, -0.25) is 9.69 Å². The minimum absolute atomic E-state index is 0.0487. The highest BCUT2D eigenvalue weighted by molar-refractivity contribution is 5.73. The number of carbonyl (C=O) groups excluding carboxylic acids is 1. The van der Waals surface area contributed by atoms with E-state index in [1.54, 1.807) is 6.92 Å². The smallest absolute Gasteiger partial charge is 0.217 e. The van der Waals surface area contributed by atoms with Crippen LogP contribution in [0.5, 0.6) is 0 Å². The molecule has 2 aliphatic rings. The molecule has 1 amide bonds. The summed E-state index contributed by atoms with van der Waals surface area (Å²) in [5.74, 6) is 0.0487. The molecule has 2 fully saturated rings. The molecule has 0 radical (unpaired) electrons. The first-order chi connectivity index (χ1) is 6.25. The highest BCUT2D eigenvalue weighted by Crippen LogP contribution is 2.17. The number of ether oxygens (including phenoxy) is 1. The van der Waals surface area contributed by atoms with Gasteiger partial charge in [0.2, 0.25) is 5.91 Å². The average Bonchev–Trinajstić information content (AvgIpc) is 2.10. The van der Waals surface area contributed by atoms with Gasteiger partial charge in [-0.15, -0.1) is 0 Å². The molecule has 2 saturated heterocycles. The van der Waals surface area contributed by atoms with Gasteiger partial charge in [0.15, 0.2) is 0 Å². The summed E-state index contributed by atoms with van der Waals surface area (Å²) in [6, 6.07) is 0.231. The zero-order chi connectivity index (χ0) is 9.26. The molecule has 4 heteroatoms. The Kier molecular flexibility index (Phi) is 2.51. The second kappa shape index (κ2) is 3.64. The van der Waals surface area contributed by atoms with Gasteiger partial charge in [0, 0.05) is 26.6 Å². The average molecular weight is 184 g/mol. The molecule has 2 aliphatic heterocycles. The lowest BCUT2D eigenvalue weighted by molar-refractivity contribution is -0.124. The van der Waals surface area contributed by atoms with Crippen LogP contribution in [0.1, 0.15) is 13.3 Å². The Balaban J connectivity index is 1.93. The molecular weight excluding hydrogens is 168 g/mol.